The maximum absolute atomic E-state index is 9.31. The molecule has 122 valence electrons. The van der Waals surface area contributed by atoms with Crippen molar-refractivity contribution in [2.75, 3.05) is 31.8 Å². The van der Waals surface area contributed by atoms with Gasteiger partial charge in [0.15, 0.2) is 5.82 Å². The predicted octanol–water partition coefficient (Wildman–Crippen LogP) is 1.82. The van der Waals surface area contributed by atoms with Crippen molar-refractivity contribution in [1.82, 2.24) is 14.9 Å². The van der Waals surface area contributed by atoms with Gasteiger partial charge in [-0.1, -0.05) is 12.1 Å². The molecule has 2 heterocycles. The molecule has 0 aliphatic carbocycles. The molecular weight excluding hydrogens is 292 g/mol. The Bertz CT molecular complexity index is 647. The number of β-amino-alcohol motifs (C(OH)–C–C–N with tert-alkyl or cyclic N) is 1. The number of methoxy groups -OCH3 is 1. The fraction of sp³-hybridized carbons (Fsp3) is 0.412. The van der Waals surface area contributed by atoms with Gasteiger partial charge in [0.2, 0.25) is 0 Å². The zero-order valence-electron chi connectivity index (χ0n) is 13.5. The lowest BCUT2D eigenvalue weighted by molar-refractivity contribution is 0.146. The van der Waals surface area contributed by atoms with Gasteiger partial charge in [-0.15, -0.1) is 0 Å². The fourth-order valence-corrected chi connectivity index (χ4v) is 2.93. The van der Waals surface area contributed by atoms with E-state index >= 15 is 0 Å². The van der Waals surface area contributed by atoms with Crippen LogP contribution in [0, 0.1) is 0 Å². The van der Waals surface area contributed by atoms with Crippen molar-refractivity contribution in [3.63, 3.8) is 0 Å². The molecule has 1 aliphatic heterocycles. The minimum Gasteiger partial charge on any atom is -0.497 e. The quantitative estimate of drug-likeness (QED) is 0.908. The summed E-state index contributed by atoms with van der Waals surface area (Å²) in [6.45, 7) is 4.32. The third kappa shape index (κ3) is 3.28. The molecule has 1 aliphatic rings. The number of benzene rings is 1. The number of aliphatic hydroxyl groups is 1. The summed E-state index contributed by atoms with van der Waals surface area (Å²) >= 11 is 0. The minimum atomic E-state index is 0.135. The smallest absolute Gasteiger partial charge is 0.153 e. The lowest BCUT2D eigenvalue weighted by atomic mass is 10.1. The van der Waals surface area contributed by atoms with E-state index in [1.54, 1.807) is 19.5 Å². The van der Waals surface area contributed by atoms with Crippen LogP contribution >= 0.6 is 0 Å². The molecule has 0 unspecified atom stereocenters. The Kier molecular flexibility index (Phi) is 4.73. The average molecular weight is 314 g/mol. The van der Waals surface area contributed by atoms with Crippen LogP contribution in [0.25, 0.3) is 0 Å². The molecule has 1 aromatic carbocycles. The number of fused-ring (bicyclic) bond motifs is 1. The second-order valence-electron chi connectivity index (χ2n) is 5.66. The van der Waals surface area contributed by atoms with Crippen LogP contribution < -0.4 is 9.64 Å². The molecule has 0 radical (unpaired) electrons. The summed E-state index contributed by atoms with van der Waals surface area (Å²) in [5.41, 5.74) is 2.14. The van der Waals surface area contributed by atoms with Crippen LogP contribution in [0.4, 0.5) is 5.82 Å². The number of rotatable bonds is 5. The standard InChI is InChI=1S/C17H22N4O2/c1-13-16-17(19-8-7-18-16)21(12-20(13)9-10-22)11-14-3-5-15(23-2)6-4-14/h3-8,13,22H,9-12H2,1-2H3/t13-/m1/s1. The van der Waals surface area contributed by atoms with E-state index in [4.69, 9.17) is 4.74 Å². The Morgan fingerprint density at radius 1 is 1.22 bits per heavy atom. The fourth-order valence-electron chi connectivity index (χ4n) is 2.93. The molecule has 0 amide bonds. The number of nitrogens with zero attached hydrogens (tertiary/aromatic N) is 4. The SMILES string of the molecule is COc1ccc(CN2CN(CCO)[C@H](C)c3nccnc32)cc1. The van der Waals surface area contributed by atoms with Crippen molar-refractivity contribution in [2.45, 2.75) is 19.5 Å². The van der Waals surface area contributed by atoms with Crippen LogP contribution in [0.3, 0.4) is 0 Å². The van der Waals surface area contributed by atoms with E-state index in [1.165, 1.54) is 5.56 Å². The number of anilines is 1. The summed E-state index contributed by atoms with van der Waals surface area (Å²) in [7, 11) is 1.67. The maximum Gasteiger partial charge on any atom is 0.153 e. The second-order valence-corrected chi connectivity index (χ2v) is 5.66. The van der Waals surface area contributed by atoms with Gasteiger partial charge in [-0.25, -0.2) is 4.98 Å². The molecule has 3 rings (SSSR count). The minimum absolute atomic E-state index is 0.135. The zero-order chi connectivity index (χ0) is 16.2. The van der Waals surface area contributed by atoms with E-state index in [2.05, 4.69) is 38.8 Å². The lowest BCUT2D eigenvalue weighted by Gasteiger charge is -2.40. The molecule has 6 heteroatoms. The summed E-state index contributed by atoms with van der Waals surface area (Å²) in [4.78, 5) is 13.4. The predicted molar refractivity (Wildman–Crippen MR) is 88.3 cm³/mol. The number of hydrogen-bond donors (Lipinski definition) is 1. The van der Waals surface area contributed by atoms with Gasteiger partial charge in [0.05, 0.1) is 32.1 Å². The highest BCUT2D eigenvalue weighted by Gasteiger charge is 2.30. The van der Waals surface area contributed by atoms with Crippen LogP contribution in [0.15, 0.2) is 36.7 Å². The van der Waals surface area contributed by atoms with E-state index in [-0.39, 0.29) is 12.6 Å². The molecule has 0 saturated carbocycles. The van der Waals surface area contributed by atoms with Gasteiger partial charge in [0.1, 0.15) is 5.75 Å². The third-order valence-corrected chi connectivity index (χ3v) is 4.22. The van der Waals surface area contributed by atoms with Gasteiger partial charge in [0, 0.05) is 25.5 Å². The van der Waals surface area contributed by atoms with E-state index in [0.717, 1.165) is 30.5 Å². The first kappa shape index (κ1) is 15.7. The van der Waals surface area contributed by atoms with Crippen LogP contribution in [0.1, 0.15) is 24.2 Å². The molecule has 1 N–H and O–H groups in total. The molecule has 0 spiro atoms. The van der Waals surface area contributed by atoms with Crippen molar-refractivity contribution in [3.05, 3.63) is 47.9 Å². The summed E-state index contributed by atoms with van der Waals surface area (Å²) in [5.74, 6) is 1.77. The Hall–Kier alpha value is -2.18. The van der Waals surface area contributed by atoms with Crippen molar-refractivity contribution in [3.8, 4) is 5.75 Å². The highest BCUT2D eigenvalue weighted by Crippen LogP contribution is 2.32. The largest absolute Gasteiger partial charge is 0.497 e. The highest BCUT2D eigenvalue weighted by atomic mass is 16.5. The van der Waals surface area contributed by atoms with Gasteiger partial charge in [-0.2, -0.15) is 0 Å². The van der Waals surface area contributed by atoms with E-state index in [9.17, 15) is 5.11 Å². The number of hydrogen-bond acceptors (Lipinski definition) is 6. The van der Waals surface area contributed by atoms with Crippen molar-refractivity contribution < 1.29 is 9.84 Å². The Morgan fingerprint density at radius 3 is 2.65 bits per heavy atom. The van der Waals surface area contributed by atoms with Crippen molar-refractivity contribution >= 4 is 5.82 Å². The van der Waals surface area contributed by atoms with Gasteiger partial charge in [-0.3, -0.25) is 9.88 Å². The molecule has 6 nitrogen and oxygen atoms in total. The van der Waals surface area contributed by atoms with Crippen LogP contribution in [0.2, 0.25) is 0 Å². The third-order valence-electron chi connectivity index (χ3n) is 4.22. The normalized spacial score (nSPS) is 17.9. The molecule has 0 saturated heterocycles. The van der Waals surface area contributed by atoms with Gasteiger partial charge in [-0.05, 0) is 24.6 Å². The summed E-state index contributed by atoms with van der Waals surface area (Å²) in [6, 6.07) is 8.20. The van der Waals surface area contributed by atoms with E-state index in [1.807, 2.05) is 12.1 Å². The summed E-state index contributed by atoms with van der Waals surface area (Å²) in [5, 5.41) is 9.31. The van der Waals surface area contributed by atoms with E-state index in [0.29, 0.717) is 6.54 Å². The van der Waals surface area contributed by atoms with Crippen LogP contribution in [-0.4, -0.2) is 46.9 Å². The van der Waals surface area contributed by atoms with Gasteiger partial charge >= 0.3 is 0 Å². The molecule has 0 bridgehead atoms. The van der Waals surface area contributed by atoms with Crippen molar-refractivity contribution in [2.24, 2.45) is 0 Å². The Balaban J connectivity index is 1.86. The second kappa shape index (κ2) is 6.93. The first-order chi connectivity index (χ1) is 11.2. The number of aromatic nitrogens is 2. The monoisotopic (exact) mass is 314 g/mol. The first-order valence-corrected chi connectivity index (χ1v) is 7.76. The van der Waals surface area contributed by atoms with Crippen LogP contribution in [-0.2, 0) is 6.54 Å². The van der Waals surface area contributed by atoms with Crippen molar-refractivity contribution in [1.29, 1.82) is 0 Å². The Labute approximate surface area is 136 Å². The van der Waals surface area contributed by atoms with Crippen LogP contribution in [0.5, 0.6) is 5.75 Å². The maximum atomic E-state index is 9.31. The van der Waals surface area contributed by atoms with E-state index < -0.39 is 0 Å². The summed E-state index contributed by atoms with van der Waals surface area (Å²) in [6.07, 6.45) is 3.46. The average Bonchev–Trinajstić information content (AvgIpc) is 2.60. The lowest BCUT2D eigenvalue weighted by Crippen LogP contribution is -2.45. The molecule has 0 fully saturated rings. The molecular formula is C17H22N4O2. The van der Waals surface area contributed by atoms with Gasteiger partial charge < -0.3 is 14.7 Å². The summed E-state index contributed by atoms with van der Waals surface area (Å²) < 4.78 is 5.21. The zero-order valence-corrected chi connectivity index (χ0v) is 13.5. The Morgan fingerprint density at radius 2 is 1.96 bits per heavy atom. The molecule has 1 aromatic heterocycles. The molecule has 23 heavy (non-hydrogen) atoms. The number of aliphatic hydroxyl groups excluding tert-OH is 1. The van der Waals surface area contributed by atoms with Gasteiger partial charge in [0.25, 0.3) is 0 Å². The first-order valence-electron chi connectivity index (χ1n) is 7.76. The molecule has 1 atom stereocenters. The highest BCUT2D eigenvalue weighted by molar-refractivity contribution is 5.47. The topological polar surface area (TPSA) is 61.7 Å². The number of ether oxygens (including phenoxy) is 1. The molecule has 2 aromatic rings.